The second kappa shape index (κ2) is 4.31. The molecule has 0 bridgehead atoms. The zero-order valence-corrected chi connectivity index (χ0v) is 7.84. The summed E-state index contributed by atoms with van der Waals surface area (Å²) in [5.74, 6) is 0.721. The predicted octanol–water partition coefficient (Wildman–Crippen LogP) is 2.23. The molecule has 1 heterocycles. The highest BCUT2D eigenvalue weighted by Gasteiger charge is 2.07. The van der Waals surface area contributed by atoms with Gasteiger partial charge in [-0.05, 0) is 18.6 Å². The second-order valence-corrected chi connectivity index (χ2v) is 3.10. The number of Topliss-reactive ketones (excluding diaryl/α,β-unsaturated/α-hetero) is 1. The van der Waals surface area contributed by atoms with Crippen LogP contribution in [0, 0.1) is 0 Å². The minimum absolute atomic E-state index is 0.170. The molecule has 12 heavy (non-hydrogen) atoms. The van der Waals surface area contributed by atoms with Crippen LogP contribution >= 0.6 is 11.6 Å². The average Bonchev–Trinajstić information content (AvgIpc) is 2.47. The van der Waals surface area contributed by atoms with Crippen LogP contribution in [0.3, 0.4) is 0 Å². The lowest BCUT2D eigenvalue weighted by molar-refractivity contribution is 0.0974. The number of nitrogens with zero attached hydrogens (tertiary/aromatic N) is 1. The third-order valence-electron chi connectivity index (χ3n) is 1.77. The van der Waals surface area contributed by atoms with E-state index in [2.05, 4.69) is 0 Å². The quantitative estimate of drug-likeness (QED) is 0.521. The molecule has 0 amide bonds. The summed E-state index contributed by atoms with van der Waals surface area (Å²) in [6.07, 6.45) is 3.17. The fraction of sp³-hybridized carbons (Fsp3) is 0.444. The summed E-state index contributed by atoms with van der Waals surface area (Å²) in [5.41, 5.74) is 0.764. The number of hydrogen-bond donors (Lipinski definition) is 0. The minimum Gasteiger partial charge on any atom is -0.348 e. The average molecular weight is 186 g/mol. The first kappa shape index (κ1) is 9.33. The zero-order chi connectivity index (χ0) is 8.97. The maximum atomic E-state index is 11.4. The maximum absolute atomic E-state index is 11.4. The van der Waals surface area contributed by atoms with Crippen LogP contribution < -0.4 is 0 Å². The van der Waals surface area contributed by atoms with E-state index in [9.17, 15) is 4.79 Å². The Morgan fingerprint density at radius 3 is 2.92 bits per heavy atom. The van der Waals surface area contributed by atoms with Gasteiger partial charge in [0.25, 0.3) is 0 Å². The number of carbonyl (C=O) groups excluding carboxylic acids is 1. The third kappa shape index (κ3) is 2.11. The smallest absolute Gasteiger partial charge is 0.179 e. The number of hydrogen-bond acceptors (Lipinski definition) is 1. The van der Waals surface area contributed by atoms with Crippen LogP contribution in [0.2, 0.25) is 0 Å². The summed E-state index contributed by atoms with van der Waals surface area (Å²) in [5, 5.41) is 0. The van der Waals surface area contributed by atoms with Gasteiger partial charge >= 0.3 is 0 Å². The van der Waals surface area contributed by atoms with Gasteiger partial charge in [-0.25, -0.2) is 0 Å². The van der Waals surface area contributed by atoms with Crippen molar-refractivity contribution in [3.8, 4) is 0 Å². The highest BCUT2D eigenvalue weighted by molar-refractivity contribution is 6.18. The van der Waals surface area contributed by atoms with Gasteiger partial charge < -0.3 is 4.57 Å². The van der Waals surface area contributed by atoms with Gasteiger partial charge in [-0.15, -0.1) is 11.6 Å². The summed E-state index contributed by atoms with van der Waals surface area (Å²) < 4.78 is 1.83. The molecule has 0 aliphatic rings. The van der Waals surface area contributed by atoms with E-state index >= 15 is 0 Å². The van der Waals surface area contributed by atoms with Gasteiger partial charge in [-0.3, -0.25) is 4.79 Å². The van der Waals surface area contributed by atoms with Crippen molar-refractivity contribution in [2.75, 3.05) is 5.88 Å². The molecule has 0 atom stereocenters. The first-order chi connectivity index (χ1) is 5.75. The molecule has 0 radical (unpaired) electrons. The Kier molecular flexibility index (Phi) is 3.35. The summed E-state index contributed by atoms with van der Waals surface area (Å²) >= 11 is 5.49. The molecule has 0 aliphatic heterocycles. The molecule has 1 rings (SSSR count). The highest BCUT2D eigenvalue weighted by atomic mass is 35.5. The summed E-state index contributed by atoms with van der Waals surface area (Å²) in [6.45, 7) is 0. The largest absolute Gasteiger partial charge is 0.348 e. The predicted molar refractivity (Wildman–Crippen MR) is 49.7 cm³/mol. The molecule has 0 saturated heterocycles. The Balaban J connectivity index is 2.59. The lowest BCUT2D eigenvalue weighted by Crippen LogP contribution is -2.04. The molecule has 0 aromatic carbocycles. The van der Waals surface area contributed by atoms with Crippen LogP contribution in [0.25, 0.3) is 0 Å². The lowest BCUT2D eigenvalue weighted by Gasteiger charge is -2.00. The van der Waals surface area contributed by atoms with E-state index in [1.54, 1.807) is 0 Å². The number of halogens is 1. The number of aryl methyl sites for hydroxylation is 1. The van der Waals surface area contributed by atoms with E-state index in [1.165, 1.54) is 0 Å². The summed E-state index contributed by atoms with van der Waals surface area (Å²) in [7, 11) is 1.87. The molecule has 1 aromatic rings. The van der Waals surface area contributed by atoms with E-state index in [4.69, 9.17) is 11.6 Å². The SMILES string of the molecule is Cn1cccc1C(=O)CCCCl. The Morgan fingerprint density at radius 1 is 1.67 bits per heavy atom. The van der Waals surface area contributed by atoms with Crippen molar-refractivity contribution in [2.24, 2.45) is 7.05 Å². The van der Waals surface area contributed by atoms with Crippen LogP contribution in [0.1, 0.15) is 23.3 Å². The molecule has 0 unspecified atom stereocenters. The number of ketones is 1. The van der Waals surface area contributed by atoms with E-state index < -0.39 is 0 Å². The molecule has 0 fully saturated rings. The van der Waals surface area contributed by atoms with E-state index in [1.807, 2.05) is 29.9 Å². The number of rotatable bonds is 4. The van der Waals surface area contributed by atoms with E-state index in [-0.39, 0.29) is 5.78 Å². The Bertz CT molecular complexity index is 267. The normalized spacial score (nSPS) is 10.2. The van der Waals surface area contributed by atoms with Crippen molar-refractivity contribution >= 4 is 17.4 Å². The maximum Gasteiger partial charge on any atom is 0.179 e. The van der Waals surface area contributed by atoms with Crippen LogP contribution in [0.5, 0.6) is 0 Å². The number of aromatic nitrogens is 1. The van der Waals surface area contributed by atoms with Gasteiger partial charge in [0.15, 0.2) is 5.78 Å². The van der Waals surface area contributed by atoms with Crippen LogP contribution in [-0.4, -0.2) is 16.2 Å². The van der Waals surface area contributed by atoms with Crippen molar-refractivity contribution in [3.05, 3.63) is 24.0 Å². The molecule has 1 aromatic heterocycles. The Hall–Kier alpha value is -0.760. The molecule has 3 heteroatoms. The topological polar surface area (TPSA) is 22.0 Å². The third-order valence-corrected chi connectivity index (χ3v) is 2.03. The molecular formula is C9H12ClNO. The molecule has 0 aliphatic carbocycles. The van der Waals surface area contributed by atoms with Gasteiger partial charge in [0.2, 0.25) is 0 Å². The van der Waals surface area contributed by atoms with Crippen LogP contribution in [0.4, 0.5) is 0 Å². The van der Waals surface area contributed by atoms with Gasteiger partial charge in [0, 0.05) is 25.5 Å². The standard InChI is InChI=1S/C9H12ClNO/c1-11-7-3-4-8(11)9(12)5-2-6-10/h3-4,7H,2,5-6H2,1H3. The van der Waals surface area contributed by atoms with E-state index in [0.29, 0.717) is 12.3 Å². The molecule has 0 N–H and O–H groups in total. The summed E-state index contributed by atoms with van der Waals surface area (Å²) in [6, 6.07) is 3.70. The Morgan fingerprint density at radius 2 is 2.42 bits per heavy atom. The van der Waals surface area contributed by atoms with Crippen molar-refractivity contribution in [1.29, 1.82) is 0 Å². The van der Waals surface area contributed by atoms with Gasteiger partial charge in [-0.1, -0.05) is 0 Å². The number of alkyl halides is 1. The monoisotopic (exact) mass is 185 g/mol. The zero-order valence-electron chi connectivity index (χ0n) is 7.09. The lowest BCUT2D eigenvalue weighted by atomic mass is 10.2. The second-order valence-electron chi connectivity index (χ2n) is 2.72. The van der Waals surface area contributed by atoms with Crippen molar-refractivity contribution < 1.29 is 4.79 Å². The van der Waals surface area contributed by atoms with Gasteiger partial charge in [-0.2, -0.15) is 0 Å². The minimum atomic E-state index is 0.170. The first-order valence-corrected chi connectivity index (χ1v) is 4.49. The highest BCUT2D eigenvalue weighted by Crippen LogP contribution is 2.05. The van der Waals surface area contributed by atoms with Crippen molar-refractivity contribution in [3.63, 3.8) is 0 Å². The first-order valence-electron chi connectivity index (χ1n) is 3.96. The van der Waals surface area contributed by atoms with Gasteiger partial charge in [0.05, 0.1) is 5.69 Å². The van der Waals surface area contributed by atoms with Crippen LogP contribution in [-0.2, 0) is 7.05 Å². The number of carbonyl (C=O) groups is 1. The fourth-order valence-electron chi connectivity index (χ4n) is 1.11. The Labute approximate surface area is 77.1 Å². The van der Waals surface area contributed by atoms with Crippen molar-refractivity contribution in [1.82, 2.24) is 4.57 Å². The van der Waals surface area contributed by atoms with Crippen LogP contribution in [0.15, 0.2) is 18.3 Å². The van der Waals surface area contributed by atoms with E-state index in [0.717, 1.165) is 12.1 Å². The van der Waals surface area contributed by atoms with Gasteiger partial charge in [0.1, 0.15) is 0 Å². The van der Waals surface area contributed by atoms with Crippen molar-refractivity contribution in [2.45, 2.75) is 12.8 Å². The molecule has 0 spiro atoms. The fourth-order valence-corrected chi connectivity index (χ4v) is 1.24. The molecule has 66 valence electrons. The molecular weight excluding hydrogens is 174 g/mol. The molecule has 2 nitrogen and oxygen atoms in total. The molecule has 0 saturated carbocycles. The summed E-state index contributed by atoms with van der Waals surface area (Å²) in [4.78, 5) is 11.4.